The summed E-state index contributed by atoms with van der Waals surface area (Å²) in [6.45, 7) is 3.29. The fourth-order valence-electron chi connectivity index (χ4n) is 3.38. The number of ketones is 1. The Kier molecular flexibility index (Phi) is 7.12. The molecule has 1 aromatic rings. The third-order valence-electron chi connectivity index (χ3n) is 5.09. The number of rotatable bonds is 7. The Morgan fingerprint density at radius 1 is 1.18 bits per heavy atom. The lowest BCUT2D eigenvalue weighted by molar-refractivity contribution is -0.275. The van der Waals surface area contributed by atoms with Gasteiger partial charge in [0.15, 0.2) is 21.4 Å². The number of sulfone groups is 1. The van der Waals surface area contributed by atoms with Crippen LogP contribution in [0.15, 0.2) is 18.2 Å². The Bertz CT molecular complexity index is 795. The summed E-state index contributed by atoms with van der Waals surface area (Å²) in [6, 6.07) is 3.00. The van der Waals surface area contributed by atoms with Crippen molar-refractivity contribution >= 4 is 15.6 Å². The number of carbonyl (C=O) groups excluding carboxylic acids is 1. The van der Waals surface area contributed by atoms with E-state index in [1.54, 1.807) is 13.8 Å². The summed E-state index contributed by atoms with van der Waals surface area (Å²) in [6.07, 6.45) is -2.80. The average molecular weight is 424 g/mol. The molecule has 0 amide bonds. The zero-order chi connectivity index (χ0) is 21.1. The van der Waals surface area contributed by atoms with Crippen LogP contribution in [0.4, 0.5) is 17.6 Å². The zero-order valence-corrected chi connectivity index (χ0v) is 16.6. The van der Waals surface area contributed by atoms with Crippen molar-refractivity contribution in [1.82, 2.24) is 0 Å². The number of benzene rings is 1. The molecule has 0 saturated heterocycles. The molecule has 0 heterocycles. The van der Waals surface area contributed by atoms with Crippen LogP contribution in [0.3, 0.4) is 0 Å². The van der Waals surface area contributed by atoms with Gasteiger partial charge in [-0.05, 0) is 63.1 Å². The fraction of sp³-hybridized carbons (Fsp3) is 0.632. The number of carbonyl (C=O) groups is 1. The first kappa shape index (κ1) is 22.6. The van der Waals surface area contributed by atoms with E-state index in [1.165, 1.54) is 6.07 Å². The van der Waals surface area contributed by atoms with Gasteiger partial charge in [0.1, 0.15) is 5.78 Å². The molecule has 2 rings (SSSR count). The summed E-state index contributed by atoms with van der Waals surface area (Å²) in [7, 11) is -3.13. The second-order valence-corrected chi connectivity index (χ2v) is 10.2. The van der Waals surface area contributed by atoms with Crippen LogP contribution in [0.2, 0.25) is 0 Å². The number of hydrogen-bond donors (Lipinski definition) is 0. The van der Waals surface area contributed by atoms with Crippen molar-refractivity contribution in [1.29, 1.82) is 0 Å². The van der Waals surface area contributed by atoms with Crippen molar-refractivity contribution in [3.63, 3.8) is 0 Å². The normalized spacial score (nSPS) is 21.0. The molecular formula is C19H24F4O4S. The Morgan fingerprint density at radius 3 is 2.32 bits per heavy atom. The maximum Gasteiger partial charge on any atom is 0.573 e. The van der Waals surface area contributed by atoms with Gasteiger partial charge in [0.2, 0.25) is 0 Å². The van der Waals surface area contributed by atoms with Gasteiger partial charge in [-0.15, -0.1) is 13.2 Å². The first-order chi connectivity index (χ1) is 12.9. The van der Waals surface area contributed by atoms with Crippen LogP contribution in [-0.4, -0.2) is 31.6 Å². The minimum absolute atomic E-state index is 0.0223. The molecule has 9 heteroatoms. The number of halogens is 4. The highest BCUT2D eigenvalue weighted by Crippen LogP contribution is 2.32. The summed E-state index contributed by atoms with van der Waals surface area (Å²) >= 11 is 0. The minimum Gasteiger partial charge on any atom is -0.403 e. The predicted octanol–water partition coefficient (Wildman–Crippen LogP) is 4.47. The van der Waals surface area contributed by atoms with Crippen molar-refractivity contribution in [2.45, 2.75) is 57.6 Å². The van der Waals surface area contributed by atoms with Gasteiger partial charge in [0.25, 0.3) is 0 Å². The van der Waals surface area contributed by atoms with Crippen LogP contribution in [-0.2, 0) is 21.1 Å². The molecule has 1 aliphatic carbocycles. The zero-order valence-electron chi connectivity index (χ0n) is 15.8. The molecule has 1 fully saturated rings. The van der Waals surface area contributed by atoms with Crippen molar-refractivity contribution in [3.05, 3.63) is 29.6 Å². The Hall–Kier alpha value is -1.64. The van der Waals surface area contributed by atoms with E-state index in [2.05, 4.69) is 4.74 Å². The topological polar surface area (TPSA) is 60.4 Å². The highest BCUT2D eigenvalue weighted by Gasteiger charge is 2.33. The van der Waals surface area contributed by atoms with Crippen LogP contribution in [0.1, 0.15) is 45.1 Å². The van der Waals surface area contributed by atoms with E-state index in [0.717, 1.165) is 12.1 Å². The standard InChI is InChI=1S/C19H24F4O4S/c1-12(2)28(25,26)11-13-3-6-15(7-4-13)17(24)9-14-5-8-16(20)18(10-14)27-19(21,22)23/h5,8,10,12-13,15H,3-4,6-7,9,11H2,1-2H3. The largest absolute Gasteiger partial charge is 0.573 e. The van der Waals surface area contributed by atoms with E-state index in [0.29, 0.717) is 25.7 Å². The molecule has 0 atom stereocenters. The van der Waals surface area contributed by atoms with Gasteiger partial charge in [-0.3, -0.25) is 4.79 Å². The van der Waals surface area contributed by atoms with Gasteiger partial charge >= 0.3 is 6.36 Å². The lowest BCUT2D eigenvalue weighted by atomic mass is 9.79. The lowest BCUT2D eigenvalue weighted by Gasteiger charge is -2.28. The first-order valence-electron chi connectivity index (χ1n) is 9.16. The van der Waals surface area contributed by atoms with Crippen molar-refractivity contribution in [3.8, 4) is 5.75 Å². The fourth-order valence-corrected chi connectivity index (χ4v) is 4.75. The van der Waals surface area contributed by atoms with E-state index in [-0.39, 0.29) is 35.4 Å². The molecule has 158 valence electrons. The van der Waals surface area contributed by atoms with Gasteiger partial charge < -0.3 is 4.74 Å². The molecular weight excluding hydrogens is 400 g/mol. The van der Waals surface area contributed by atoms with E-state index in [1.807, 2.05) is 0 Å². The molecule has 0 bridgehead atoms. The van der Waals surface area contributed by atoms with Crippen molar-refractivity contribution in [2.75, 3.05) is 5.75 Å². The maximum atomic E-state index is 13.5. The van der Waals surface area contributed by atoms with Gasteiger partial charge in [-0.25, -0.2) is 12.8 Å². The van der Waals surface area contributed by atoms with Gasteiger partial charge in [-0.1, -0.05) is 6.07 Å². The van der Waals surface area contributed by atoms with Gasteiger partial charge in [-0.2, -0.15) is 0 Å². The number of Topliss-reactive ketones (excluding diaryl/α,β-unsaturated/α-hetero) is 1. The summed E-state index contributed by atoms with van der Waals surface area (Å²) in [5.41, 5.74) is 0.246. The van der Waals surface area contributed by atoms with Crippen LogP contribution < -0.4 is 4.74 Å². The monoisotopic (exact) mass is 424 g/mol. The average Bonchev–Trinajstić information content (AvgIpc) is 2.56. The molecule has 0 spiro atoms. The highest BCUT2D eigenvalue weighted by atomic mass is 32.2. The van der Waals surface area contributed by atoms with Crippen LogP contribution in [0.5, 0.6) is 5.75 Å². The second-order valence-electron chi connectivity index (χ2n) is 7.55. The number of ether oxygens (including phenoxy) is 1. The maximum absolute atomic E-state index is 13.5. The van der Waals surface area contributed by atoms with E-state index >= 15 is 0 Å². The quantitative estimate of drug-likeness (QED) is 0.606. The first-order valence-corrected chi connectivity index (χ1v) is 10.9. The van der Waals surface area contributed by atoms with Crippen LogP contribution >= 0.6 is 0 Å². The molecule has 0 radical (unpaired) electrons. The van der Waals surface area contributed by atoms with Crippen molar-refractivity contribution < 1.29 is 35.5 Å². The minimum atomic E-state index is -5.02. The Morgan fingerprint density at radius 2 is 1.79 bits per heavy atom. The van der Waals surface area contributed by atoms with Gasteiger partial charge in [0.05, 0.1) is 11.0 Å². The van der Waals surface area contributed by atoms with E-state index in [9.17, 15) is 30.8 Å². The summed E-state index contributed by atoms with van der Waals surface area (Å²) in [5.74, 6) is -2.39. The number of hydrogen-bond acceptors (Lipinski definition) is 4. The van der Waals surface area contributed by atoms with Crippen LogP contribution in [0.25, 0.3) is 0 Å². The summed E-state index contributed by atoms with van der Waals surface area (Å²) < 4.78 is 78.1. The highest BCUT2D eigenvalue weighted by molar-refractivity contribution is 7.91. The van der Waals surface area contributed by atoms with Gasteiger partial charge in [0, 0.05) is 12.3 Å². The van der Waals surface area contributed by atoms with Crippen molar-refractivity contribution in [2.24, 2.45) is 11.8 Å². The molecule has 4 nitrogen and oxygen atoms in total. The molecule has 0 N–H and O–H groups in total. The lowest BCUT2D eigenvalue weighted by Crippen LogP contribution is -2.29. The molecule has 1 aliphatic rings. The second kappa shape index (κ2) is 8.80. The molecule has 0 unspecified atom stereocenters. The molecule has 0 aliphatic heterocycles. The van der Waals surface area contributed by atoms with E-state index in [4.69, 9.17) is 0 Å². The summed E-state index contributed by atoms with van der Waals surface area (Å²) in [4.78, 5) is 12.5. The number of alkyl halides is 3. The molecule has 1 saturated carbocycles. The Balaban J connectivity index is 1.94. The SMILES string of the molecule is CC(C)S(=O)(=O)CC1CCC(C(=O)Cc2ccc(F)c(OC(F)(F)F)c2)CC1. The Labute approximate surface area is 162 Å². The molecule has 28 heavy (non-hydrogen) atoms. The molecule has 0 aromatic heterocycles. The van der Waals surface area contributed by atoms with Crippen LogP contribution in [0, 0.1) is 17.7 Å². The van der Waals surface area contributed by atoms with E-state index < -0.39 is 33.0 Å². The smallest absolute Gasteiger partial charge is 0.403 e. The predicted molar refractivity (Wildman–Crippen MR) is 96.2 cm³/mol. The third-order valence-corrected chi connectivity index (χ3v) is 7.46. The molecule has 1 aromatic carbocycles. The summed E-state index contributed by atoms with van der Waals surface area (Å²) in [5, 5.41) is -0.432. The third kappa shape index (κ3) is 6.46.